The fraction of sp³-hybridized carbons (Fsp3) is 0.692. The summed E-state index contributed by atoms with van der Waals surface area (Å²) in [5.74, 6) is -0.0187. The van der Waals surface area contributed by atoms with Crippen LogP contribution in [0.5, 0.6) is 0 Å². The molecule has 0 unspecified atom stereocenters. The second-order valence-corrected chi connectivity index (χ2v) is 5.30. The van der Waals surface area contributed by atoms with E-state index in [0.29, 0.717) is 12.2 Å². The molecule has 0 bridgehead atoms. The van der Waals surface area contributed by atoms with Crippen LogP contribution in [0.15, 0.2) is 0 Å². The maximum Gasteiger partial charge on any atom is 0.241 e. The van der Waals surface area contributed by atoms with Crippen LogP contribution < -0.4 is 11.1 Å². The number of amides is 1. The molecule has 3 N–H and O–H groups in total. The highest BCUT2D eigenvalue weighted by Crippen LogP contribution is 2.24. The van der Waals surface area contributed by atoms with E-state index in [0.717, 1.165) is 24.0 Å². The van der Waals surface area contributed by atoms with Crippen LogP contribution in [-0.2, 0) is 11.3 Å². The number of carbonyl (C=O) groups excluding carboxylic acids is 1. The van der Waals surface area contributed by atoms with E-state index < -0.39 is 0 Å². The van der Waals surface area contributed by atoms with E-state index in [4.69, 9.17) is 5.73 Å². The summed E-state index contributed by atoms with van der Waals surface area (Å²) in [5, 5.41) is 7.17. The van der Waals surface area contributed by atoms with Crippen molar-refractivity contribution in [2.24, 2.45) is 0 Å². The number of hydrogen-bond acceptors (Lipinski definition) is 4. The predicted molar refractivity (Wildman–Crippen MR) is 74.8 cm³/mol. The molecule has 2 rings (SSSR count). The van der Waals surface area contributed by atoms with Crippen molar-refractivity contribution in [3.8, 4) is 0 Å². The molecule has 0 atom stereocenters. The monoisotopic (exact) mass is 265 g/mol. The lowest BCUT2D eigenvalue weighted by Crippen LogP contribution is -2.35. The number of aromatic nitrogens is 2. The third kappa shape index (κ3) is 3.47. The van der Waals surface area contributed by atoms with Gasteiger partial charge in [0.15, 0.2) is 0 Å². The third-order valence-corrected chi connectivity index (χ3v) is 3.69. The highest BCUT2D eigenvalue weighted by atomic mass is 16.2. The molecular weight excluding hydrogens is 242 g/mol. The van der Waals surface area contributed by atoms with Crippen LogP contribution >= 0.6 is 0 Å². The number of nitrogens with one attached hydrogen (secondary N) is 1. The first-order valence-electron chi connectivity index (χ1n) is 6.75. The summed E-state index contributed by atoms with van der Waals surface area (Å²) < 4.78 is 1.66. The van der Waals surface area contributed by atoms with Crippen molar-refractivity contribution in [2.75, 3.05) is 25.9 Å². The zero-order valence-corrected chi connectivity index (χ0v) is 11.9. The van der Waals surface area contributed by atoms with Crippen LogP contribution in [0.4, 0.5) is 5.69 Å². The summed E-state index contributed by atoms with van der Waals surface area (Å²) in [6.07, 6.45) is 2.57. The quantitative estimate of drug-likeness (QED) is 0.775. The van der Waals surface area contributed by atoms with Gasteiger partial charge in [-0.1, -0.05) is 0 Å². The molecule has 1 aliphatic rings. The van der Waals surface area contributed by atoms with Crippen LogP contribution in [0.1, 0.15) is 24.2 Å². The molecule has 6 heteroatoms. The molecule has 6 nitrogen and oxygen atoms in total. The predicted octanol–water partition coefficient (Wildman–Crippen LogP) is 0.293. The highest BCUT2D eigenvalue weighted by Gasteiger charge is 2.25. The Morgan fingerprint density at radius 1 is 1.53 bits per heavy atom. The first kappa shape index (κ1) is 13.9. The smallest absolute Gasteiger partial charge is 0.241 e. The fourth-order valence-electron chi connectivity index (χ4n) is 2.13. The Bertz CT molecular complexity index is 464. The zero-order chi connectivity index (χ0) is 14.0. The van der Waals surface area contributed by atoms with Crippen LogP contribution in [-0.4, -0.2) is 46.8 Å². The van der Waals surface area contributed by atoms with Gasteiger partial charge in [-0.3, -0.25) is 9.48 Å². The van der Waals surface area contributed by atoms with Gasteiger partial charge >= 0.3 is 0 Å². The number of nitrogen functional groups attached to an aromatic ring is 1. The van der Waals surface area contributed by atoms with Crippen molar-refractivity contribution in [3.05, 3.63) is 11.4 Å². The molecule has 0 spiro atoms. The Labute approximate surface area is 113 Å². The minimum atomic E-state index is -0.0187. The summed E-state index contributed by atoms with van der Waals surface area (Å²) in [5.41, 5.74) is 8.13. The number of nitrogens with zero attached hydrogens (tertiary/aromatic N) is 3. The average molecular weight is 265 g/mol. The first-order chi connectivity index (χ1) is 8.99. The van der Waals surface area contributed by atoms with E-state index >= 15 is 0 Å². The Balaban J connectivity index is 1.75. The standard InChI is InChI=1S/C13H23N5O/c1-9-13(14)10(2)18(16-9)8-12(19)15-6-7-17(3)11-4-5-11/h11H,4-8,14H2,1-3H3,(H,15,19). The van der Waals surface area contributed by atoms with Gasteiger partial charge in [0.2, 0.25) is 5.91 Å². The first-order valence-corrected chi connectivity index (χ1v) is 6.75. The van der Waals surface area contributed by atoms with E-state index in [9.17, 15) is 4.79 Å². The molecule has 1 fully saturated rings. The highest BCUT2D eigenvalue weighted by molar-refractivity contribution is 5.75. The van der Waals surface area contributed by atoms with Crippen LogP contribution in [0.3, 0.4) is 0 Å². The number of likely N-dealkylation sites (N-methyl/N-ethyl adjacent to an activating group) is 1. The molecule has 0 radical (unpaired) electrons. The molecule has 1 saturated carbocycles. The molecule has 1 heterocycles. The van der Waals surface area contributed by atoms with Gasteiger partial charge in [-0.05, 0) is 33.7 Å². The molecule has 1 aromatic rings. The van der Waals surface area contributed by atoms with Crippen LogP contribution in [0.25, 0.3) is 0 Å². The van der Waals surface area contributed by atoms with Gasteiger partial charge in [-0.25, -0.2) is 0 Å². The van der Waals surface area contributed by atoms with Gasteiger partial charge in [0, 0.05) is 19.1 Å². The Morgan fingerprint density at radius 3 is 2.74 bits per heavy atom. The van der Waals surface area contributed by atoms with Gasteiger partial charge in [-0.15, -0.1) is 0 Å². The van der Waals surface area contributed by atoms with Gasteiger partial charge in [-0.2, -0.15) is 5.10 Å². The van der Waals surface area contributed by atoms with Gasteiger partial charge in [0.25, 0.3) is 0 Å². The number of nitrogens with two attached hydrogens (primary N) is 1. The van der Waals surface area contributed by atoms with Crippen molar-refractivity contribution in [1.29, 1.82) is 0 Å². The second-order valence-electron chi connectivity index (χ2n) is 5.30. The van der Waals surface area contributed by atoms with Crippen LogP contribution in [0.2, 0.25) is 0 Å². The summed E-state index contributed by atoms with van der Waals surface area (Å²) in [6, 6.07) is 0.729. The van der Waals surface area contributed by atoms with Crippen molar-refractivity contribution < 1.29 is 4.79 Å². The van der Waals surface area contributed by atoms with E-state index in [2.05, 4.69) is 22.4 Å². The fourth-order valence-corrected chi connectivity index (χ4v) is 2.13. The Hall–Kier alpha value is -1.56. The van der Waals surface area contributed by atoms with E-state index in [1.54, 1.807) is 4.68 Å². The second kappa shape index (κ2) is 5.61. The molecule has 19 heavy (non-hydrogen) atoms. The molecule has 1 amide bonds. The molecule has 0 aliphatic heterocycles. The van der Waals surface area contributed by atoms with Crippen molar-refractivity contribution in [1.82, 2.24) is 20.0 Å². The zero-order valence-electron chi connectivity index (χ0n) is 11.9. The normalized spacial score (nSPS) is 14.9. The molecule has 106 valence electrons. The molecule has 1 aromatic heterocycles. The van der Waals surface area contributed by atoms with Crippen molar-refractivity contribution in [2.45, 2.75) is 39.3 Å². The Kier molecular flexibility index (Phi) is 4.09. The lowest BCUT2D eigenvalue weighted by molar-refractivity contribution is -0.121. The largest absolute Gasteiger partial charge is 0.396 e. The maximum atomic E-state index is 11.8. The van der Waals surface area contributed by atoms with Gasteiger partial charge in [0.05, 0.1) is 17.1 Å². The van der Waals surface area contributed by atoms with Crippen molar-refractivity contribution >= 4 is 11.6 Å². The summed E-state index contributed by atoms with van der Waals surface area (Å²) in [7, 11) is 2.10. The summed E-state index contributed by atoms with van der Waals surface area (Å²) in [4.78, 5) is 14.1. The molecule has 1 aliphatic carbocycles. The van der Waals surface area contributed by atoms with E-state index in [-0.39, 0.29) is 12.5 Å². The number of aryl methyl sites for hydroxylation is 1. The van der Waals surface area contributed by atoms with E-state index in [1.807, 2.05) is 13.8 Å². The lowest BCUT2D eigenvalue weighted by atomic mass is 10.3. The summed E-state index contributed by atoms with van der Waals surface area (Å²) in [6.45, 7) is 5.54. The van der Waals surface area contributed by atoms with Gasteiger partial charge < -0.3 is 16.0 Å². The molecular formula is C13H23N5O. The lowest BCUT2D eigenvalue weighted by Gasteiger charge is -2.15. The maximum absolute atomic E-state index is 11.8. The van der Waals surface area contributed by atoms with Crippen LogP contribution in [0, 0.1) is 13.8 Å². The number of carbonyl (C=O) groups is 1. The topological polar surface area (TPSA) is 76.2 Å². The SMILES string of the molecule is Cc1nn(CC(=O)NCCN(C)C2CC2)c(C)c1N. The molecule has 0 saturated heterocycles. The van der Waals surface area contributed by atoms with E-state index in [1.165, 1.54) is 12.8 Å². The van der Waals surface area contributed by atoms with Gasteiger partial charge in [0.1, 0.15) is 6.54 Å². The summed E-state index contributed by atoms with van der Waals surface area (Å²) >= 11 is 0. The Morgan fingerprint density at radius 2 is 2.21 bits per heavy atom. The minimum Gasteiger partial charge on any atom is -0.396 e. The van der Waals surface area contributed by atoms with Crippen molar-refractivity contribution in [3.63, 3.8) is 0 Å². The number of hydrogen-bond donors (Lipinski definition) is 2. The third-order valence-electron chi connectivity index (χ3n) is 3.69. The molecule has 0 aromatic carbocycles. The number of rotatable bonds is 6. The average Bonchev–Trinajstić information content (AvgIpc) is 3.16. The minimum absolute atomic E-state index is 0.0187. The number of anilines is 1.